The van der Waals surface area contributed by atoms with Crippen LogP contribution in [0.5, 0.6) is 5.75 Å². The van der Waals surface area contributed by atoms with Gasteiger partial charge in [-0.25, -0.2) is 4.79 Å². The summed E-state index contributed by atoms with van der Waals surface area (Å²) in [6.45, 7) is 0. The summed E-state index contributed by atoms with van der Waals surface area (Å²) in [6.07, 6.45) is 0. The minimum absolute atomic E-state index is 0.0824. The molecular weight excluding hydrogens is 596 g/mol. The summed E-state index contributed by atoms with van der Waals surface area (Å²) in [5, 5.41) is 24.0. The summed E-state index contributed by atoms with van der Waals surface area (Å²) in [5.74, 6) is -1.65. The molecule has 0 spiro atoms. The van der Waals surface area contributed by atoms with Gasteiger partial charge in [-0.15, -0.1) is 22.0 Å². The Morgan fingerprint density at radius 1 is 1.34 bits per heavy atom. The van der Waals surface area contributed by atoms with Crippen molar-refractivity contribution in [3.8, 4) is 5.75 Å². The number of nitrogens with zero attached hydrogens (tertiary/aromatic N) is 6. The van der Waals surface area contributed by atoms with Crippen molar-refractivity contribution in [2.45, 2.75) is 15.8 Å². The number of carbonyl (C=O) groups is 3. The van der Waals surface area contributed by atoms with E-state index in [2.05, 4.69) is 30.0 Å². The van der Waals surface area contributed by atoms with E-state index >= 15 is 0 Å². The number of hydrogen-bond acceptors (Lipinski definition) is 14. The number of nitrogens with one attached hydrogen (secondary N) is 1. The lowest BCUT2D eigenvalue weighted by atomic mass is 10.0. The number of amides is 2. The normalized spacial score (nSPS) is 19.1. The van der Waals surface area contributed by atoms with Crippen molar-refractivity contribution in [1.29, 1.82) is 0 Å². The van der Waals surface area contributed by atoms with Crippen molar-refractivity contribution in [2.24, 2.45) is 5.16 Å². The summed E-state index contributed by atoms with van der Waals surface area (Å²) < 4.78 is 4.71. The molecule has 0 aliphatic carbocycles. The minimum Gasteiger partial charge on any atom is -0.477 e. The van der Waals surface area contributed by atoms with Gasteiger partial charge < -0.3 is 21.0 Å². The van der Waals surface area contributed by atoms with Gasteiger partial charge in [0.25, 0.3) is 11.8 Å². The molecule has 1 unspecified atom stereocenters. The monoisotopic (exact) mass is 610 g/mol. The van der Waals surface area contributed by atoms with Gasteiger partial charge in [-0.2, -0.15) is 9.36 Å². The Balaban J connectivity index is 1.32. The molecule has 0 bridgehead atoms. The summed E-state index contributed by atoms with van der Waals surface area (Å²) in [4.78, 5) is 48.8. The molecule has 5 rings (SSSR count). The molecule has 196 valence electrons. The van der Waals surface area contributed by atoms with E-state index in [9.17, 15) is 19.5 Å². The number of carboxylic acid groups (broad SMARTS) is 1. The van der Waals surface area contributed by atoms with Crippen molar-refractivity contribution in [3.05, 3.63) is 51.9 Å². The third-order valence-electron chi connectivity index (χ3n) is 5.17. The zero-order chi connectivity index (χ0) is 26.8. The van der Waals surface area contributed by atoms with Crippen molar-refractivity contribution < 1.29 is 24.3 Å². The van der Waals surface area contributed by atoms with Gasteiger partial charge in [0.1, 0.15) is 22.6 Å². The number of β-lactam (4-membered cyclic amide) rings is 1. The van der Waals surface area contributed by atoms with Crippen LogP contribution in [0.3, 0.4) is 0 Å². The molecule has 2 aromatic heterocycles. The van der Waals surface area contributed by atoms with Gasteiger partial charge in [0.05, 0.1) is 0 Å². The molecule has 1 saturated heterocycles. The Bertz CT molecular complexity index is 1450. The fourth-order valence-corrected chi connectivity index (χ4v) is 7.02. The third kappa shape index (κ3) is 5.46. The molecule has 1 fully saturated rings. The predicted octanol–water partition coefficient (Wildman–Crippen LogP) is 1.94. The SMILES string of the molecule is Nc1nc(C(=NOc2ccc(Cl)cc2)C(=O)NC2C(=O)N3C(C(=O)O)=C(CSc4nncs4)CS[C@@H]23)ns1. The summed E-state index contributed by atoms with van der Waals surface area (Å²) in [7, 11) is 0. The van der Waals surface area contributed by atoms with Crippen molar-refractivity contribution in [3.63, 3.8) is 0 Å². The quantitative estimate of drug-likeness (QED) is 0.138. The molecule has 3 aromatic rings. The van der Waals surface area contributed by atoms with E-state index in [-0.39, 0.29) is 22.4 Å². The molecule has 2 aliphatic rings. The second-order valence-electron chi connectivity index (χ2n) is 7.55. The van der Waals surface area contributed by atoms with Gasteiger partial charge in [-0.3, -0.25) is 14.5 Å². The molecule has 2 atom stereocenters. The smallest absolute Gasteiger partial charge is 0.352 e. The van der Waals surface area contributed by atoms with E-state index < -0.39 is 29.2 Å². The van der Waals surface area contributed by atoms with Gasteiger partial charge in [-0.1, -0.05) is 39.9 Å². The van der Waals surface area contributed by atoms with Crippen LogP contribution in [0.25, 0.3) is 0 Å². The van der Waals surface area contributed by atoms with Gasteiger partial charge in [-0.05, 0) is 29.8 Å². The van der Waals surface area contributed by atoms with Crippen LogP contribution in [-0.2, 0) is 14.4 Å². The third-order valence-corrected chi connectivity index (χ3v) is 9.25. The number of aromatic nitrogens is 4. The van der Waals surface area contributed by atoms with Crippen LogP contribution in [0.4, 0.5) is 5.13 Å². The zero-order valence-corrected chi connectivity index (χ0v) is 22.8. The lowest BCUT2D eigenvalue weighted by molar-refractivity contribution is -0.150. The Morgan fingerprint density at radius 2 is 2.13 bits per heavy atom. The van der Waals surface area contributed by atoms with E-state index in [1.54, 1.807) is 29.8 Å². The number of anilines is 1. The lowest BCUT2D eigenvalue weighted by Crippen LogP contribution is -2.71. The number of oxime groups is 1. The van der Waals surface area contributed by atoms with Gasteiger partial charge in [0.15, 0.2) is 15.2 Å². The maximum Gasteiger partial charge on any atom is 0.352 e. The van der Waals surface area contributed by atoms with Crippen LogP contribution in [0, 0.1) is 0 Å². The van der Waals surface area contributed by atoms with Gasteiger partial charge >= 0.3 is 5.97 Å². The van der Waals surface area contributed by atoms with Crippen LogP contribution >= 0.6 is 58.0 Å². The highest BCUT2D eigenvalue weighted by atomic mass is 35.5. The van der Waals surface area contributed by atoms with Crippen molar-refractivity contribution in [1.82, 2.24) is 29.8 Å². The van der Waals surface area contributed by atoms with Crippen LogP contribution < -0.4 is 15.9 Å². The van der Waals surface area contributed by atoms with Gasteiger partial charge in [0, 0.05) is 28.1 Å². The van der Waals surface area contributed by atoms with E-state index in [0.29, 0.717) is 32.2 Å². The molecular formula is C20H15ClN8O5S4. The molecule has 4 N–H and O–H groups in total. The number of nitrogen functional groups attached to an aromatic ring is 1. The number of thioether (sulfide) groups is 2. The largest absolute Gasteiger partial charge is 0.477 e. The van der Waals surface area contributed by atoms with Crippen LogP contribution in [0.1, 0.15) is 5.82 Å². The molecule has 1 aromatic carbocycles. The van der Waals surface area contributed by atoms with E-state index in [1.165, 1.54) is 39.8 Å². The Labute approximate surface area is 235 Å². The standard InChI is InChI=1S/C20H15ClN8O5S4/c21-9-1-3-10(4-2-9)34-27-11(14-25-19(22)38-28-14)15(30)24-12-16(31)29-13(18(32)33)8(5-35-17(12)29)6-36-20-26-23-7-37-20/h1-4,7,12,17H,5-6H2,(H,24,30)(H,32,33)(H2,22,25,28)/t12?,17-/m0/s1. The number of fused-ring (bicyclic) bond motifs is 1. The highest BCUT2D eigenvalue weighted by Crippen LogP contribution is 2.41. The molecule has 2 amide bonds. The number of halogens is 1. The Hall–Kier alpha value is -3.25. The molecule has 2 aliphatic heterocycles. The second kappa shape index (κ2) is 11.2. The molecule has 0 saturated carbocycles. The fourth-order valence-electron chi connectivity index (χ4n) is 3.49. The Kier molecular flexibility index (Phi) is 7.80. The maximum absolute atomic E-state index is 13.2. The number of benzene rings is 1. The van der Waals surface area contributed by atoms with Crippen LogP contribution in [-0.4, -0.2) is 76.0 Å². The predicted molar refractivity (Wildman–Crippen MR) is 143 cm³/mol. The Morgan fingerprint density at radius 3 is 2.79 bits per heavy atom. The molecule has 38 heavy (non-hydrogen) atoms. The summed E-state index contributed by atoms with van der Waals surface area (Å²) in [6, 6.07) is 5.28. The highest BCUT2D eigenvalue weighted by Gasteiger charge is 2.54. The van der Waals surface area contributed by atoms with Crippen molar-refractivity contribution >= 4 is 86.6 Å². The first-order valence-corrected chi connectivity index (χ1v) is 14.6. The highest BCUT2D eigenvalue weighted by molar-refractivity contribution is 8.01. The van der Waals surface area contributed by atoms with E-state index in [1.807, 2.05) is 0 Å². The topological polar surface area (TPSA) is 186 Å². The molecule has 13 nitrogen and oxygen atoms in total. The fraction of sp³-hybridized carbons (Fsp3) is 0.200. The van der Waals surface area contributed by atoms with E-state index in [4.69, 9.17) is 22.2 Å². The first-order valence-electron chi connectivity index (χ1n) is 10.5. The first-order chi connectivity index (χ1) is 18.3. The molecule has 18 heteroatoms. The maximum atomic E-state index is 13.2. The molecule has 4 heterocycles. The van der Waals surface area contributed by atoms with Gasteiger partial charge in [0.2, 0.25) is 11.5 Å². The average Bonchev–Trinajstić information content (AvgIpc) is 3.58. The average molecular weight is 611 g/mol. The molecule has 0 radical (unpaired) electrons. The van der Waals surface area contributed by atoms with Crippen molar-refractivity contribution in [2.75, 3.05) is 17.2 Å². The van der Waals surface area contributed by atoms with Crippen LogP contribution in [0.2, 0.25) is 5.02 Å². The summed E-state index contributed by atoms with van der Waals surface area (Å²) in [5.41, 5.74) is 7.44. The number of carboxylic acids is 1. The lowest BCUT2D eigenvalue weighted by Gasteiger charge is -2.49. The first kappa shape index (κ1) is 26.4. The number of nitrogens with two attached hydrogens (primary N) is 1. The minimum atomic E-state index is -1.22. The second-order valence-corrected chi connectivity index (χ2v) is 11.9. The zero-order valence-electron chi connectivity index (χ0n) is 18.8. The van der Waals surface area contributed by atoms with Crippen LogP contribution in [0.15, 0.2) is 50.5 Å². The number of aliphatic carboxylic acids is 1. The van der Waals surface area contributed by atoms with E-state index in [0.717, 1.165) is 11.5 Å². The number of hydrogen-bond donors (Lipinski definition) is 3. The summed E-state index contributed by atoms with van der Waals surface area (Å²) >= 11 is 10.8. The number of rotatable bonds is 9. The number of carbonyl (C=O) groups excluding carboxylic acids is 2.